The highest BCUT2D eigenvalue weighted by Crippen LogP contribution is 2.31. The van der Waals surface area contributed by atoms with Gasteiger partial charge in [-0.2, -0.15) is 0 Å². The molecule has 27 heavy (non-hydrogen) atoms. The van der Waals surface area contributed by atoms with Crippen molar-refractivity contribution in [1.29, 1.82) is 0 Å². The molecule has 0 saturated heterocycles. The first kappa shape index (κ1) is 17.6. The predicted molar refractivity (Wildman–Crippen MR) is 103 cm³/mol. The average Bonchev–Trinajstić information content (AvgIpc) is 3.13. The molecule has 0 spiro atoms. The monoisotopic (exact) mass is 401 g/mol. The van der Waals surface area contributed by atoms with Gasteiger partial charge < -0.3 is 9.47 Å². The number of amides is 2. The molecule has 2 amide bonds. The molecule has 3 aromatic rings. The van der Waals surface area contributed by atoms with Crippen molar-refractivity contribution in [2.45, 2.75) is 10.4 Å². The maximum absolute atomic E-state index is 12.2. The summed E-state index contributed by atoms with van der Waals surface area (Å²) in [5.74, 6) is 0.442. The molecule has 1 aromatic heterocycles. The van der Waals surface area contributed by atoms with Crippen molar-refractivity contribution in [3.63, 3.8) is 0 Å². The summed E-state index contributed by atoms with van der Waals surface area (Å²) in [7, 11) is 0. The molecule has 9 heteroatoms. The Morgan fingerprint density at radius 1 is 1.11 bits per heavy atom. The highest BCUT2D eigenvalue weighted by Gasteiger charge is 2.27. The molecule has 0 saturated carbocycles. The van der Waals surface area contributed by atoms with E-state index in [2.05, 4.69) is 15.8 Å². The molecule has 2 heterocycles. The van der Waals surface area contributed by atoms with Crippen LogP contribution in [0.5, 0.6) is 11.5 Å². The van der Waals surface area contributed by atoms with Gasteiger partial charge in [0.15, 0.2) is 15.8 Å². The van der Waals surface area contributed by atoms with Crippen LogP contribution in [0, 0.1) is 0 Å². The number of para-hydroxylation sites is 3. The number of nitrogens with one attached hydrogen (secondary N) is 2. The van der Waals surface area contributed by atoms with Crippen molar-refractivity contribution < 1.29 is 19.1 Å². The van der Waals surface area contributed by atoms with Crippen molar-refractivity contribution in [2.24, 2.45) is 0 Å². The zero-order chi connectivity index (χ0) is 18.6. The number of thioether (sulfide) groups is 1. The zero-order valence-corrected chi connectivity index (χ0v) is 15.6. The van der Waals surface area contributed by atoms with Crippen molar-refractivity contribution in [3.05, 3.63) is 48.5 Å². The minimum absolute atomic E-state index is 0.0825. The molecule has 1 aliphatic rings. The summed E-state index contributed by atoms with van der Waals surface area (Å²) in [5, 5.41) is 0. The minimum Gasteiger partial charge on any atom is -0.485 e. The lowest BCUT2D eigenvalue weighted by Crippen LogP contribution is -2.51. The molecule has 0 fully saturated rings. The Morgan fingerprint density at radius 3 is 2.74 bits per heavy atom. The van der Waals surface area contributed by atoms with E-state index in [0.29, 0.717) is 11.5 Å². The average molecular weight is 401 g/mol. The Labute approximate surface area is 163 Å². The van der Waals surface area contributed by atoms with Gasteiger partial charge in [-0.25, -0.2) is 4.98 Å². The van der Waals surface area contributed by atoms with E-state index >= 15 is 0 Å². The summed E-state index contributed by atoms with van der Waals surface area (Å²) in [6.45, 7) is 0.0825. The second-order valence-electron chi connectivity index (χ2n) is 5.64. The molecule has 4 rings (SSSR count). The molecular formula is C18H15N3O4S2. The number of carbonyl (C=O) groups is 2. The topological polar surface area (TPSA) is 89.6 Å². The van der Waals surface area contributed by atoms with Crippen LogP contribution in [0.4, 0.5) is 0 Å². The lowest BCUT2D eigenvalue weighted by Gasteiger charge is -2.25. The van der Waals surface area contributed by atoms with E-state index in [4.69, 9.17) is 9.47 Å². The van der Waals surface area contributed by atoms with Crippen molar-refractivity contribution in [2.75, 3.05) is 12.4 Å². The summed E-state index contributed by atoms with van der Waals surface area (Å²) < 4.78 is 13.0. The number of carbonyl (C=O) groups excluding carboxylic acids is 2. The maximum Gasteiger partial charge on any atom is 0.283 e. The smallest absolute Gasteiger partial charge is 0.283 e. The fourth-order valence-corrected chi connectivity index (χ4v) is 4.31. The number of ether oxygens (including phenoxy) is 2. The van der Waals surface area contributed by atoms with E-state index in [-0.39, 0.29) is 18.3 Å². The third-order valence-corrected chi connectivity index (χ3v) is 5.91. The van der Waals surface area contributed by atoms with Crippen LogP contribution >= 0.6 is 23.1 Å². The number of benzene rings is 2. The van der Waals surface area contributed by atoms with Gasteiger partial charge in [0.2, 0.25) is 12.0 Å². The van der Waals surface area contributed by atoms with Crippen LogP contribution in [0.3, 0.4) is 0 Å². The van der Waals surface area contributed by atoms with Crippen LogP contribution in [0.15, 0.2) is 52.9 Å². The van der Waals surface area contributed by atoms with Gasteiger partial charge in [0.25, 0.3) is 5.91 Å². The van der Waals surface area contributed by atoms with Crippen LogP contribution in [0.2, 0.25) is 0 Å². The highest BCUT2D eigenvalue weighted by molar-refractivity contribution is 8.01. The summed E-state index contributed by atoms with van der Waals surface area (Å²) >= 11 is 2.85. The van der Waals surface area contributed by atoms with Crippen LogP contribution < -0.4 is 20.3 Å². The summed E-state index contributed by atoms with van der Waals surface area (Å²) in [5.41, 5.74) is 5.67. The number of nitrogens with zero attached hydrogens (tertiary/aromatic N) is 1. The van der Waals surface area contributed by atoms with Gasteiger partial charge in [0, 0.05) is 0 Å². The van der Waals surface area contributed by atoms with Gasteiger partial charge in [-0.1, -0.05) is 36.0 Å². The summed E-state index contributed by atoms with van der Waals surface area (Å²) in [6.07, 6.45) is -0.822. The van der Waals surface area contributed by atoms with Crippen molar-refractivity contribution in [3.8, 4) is 11.5 Å². The lowest BCUT2D eigenvalue weighted by molar-refractivity contribution is -0.134. The Kier molecular flexibility index (Phi) is 5.12. The molecule has 0 bridgehead atoms. The van der Waals surface area contributed by atoms with E-state index in [1.807, 2.05) is 30.3 Å². The second-order valence-corrected chi connectivity index (χ2v) is 7.89. The molecule has 0 aliphatic carbocycles. The number of hydrogen-bond acceptors (Lipinski definition) is 7. The summed E-state index contributed by atoms with van der Waals surface area (Å²) in [4.78, 5) is 28.6. The normalized spacial score (nSPS) is 15.3. The van der Waals surface area contributed by atoms with Crippen LogP contribution in [0.1, 0.15) is 0 Å². The van der Waals surface area contributed by atoms with Gasteiger partial charge in [-0.05, 0) is 24.3 Å². The SMILES string of the molecule is O=C(CSc1nc2ccccc2s1)NNC(=O)C1COc2ccccc2O1. The molecule has 138 valence electrons. The van der Waals surface area contributed by atoms with Crippen molar-refractivity contribution in [1.82, 2.24) is 15.8 Å². The zero-order valence-electron chi connectivity index (χ0n) is 14.0. The largest absolute Gasteiger partial charge is 0.485 e. The van der Waals surface area contributed by atoms with E-state index in [9.17, 15) is 9.59 Å². The Morgan fingerprint density at radius 2 is 1.89 bits per heavy atom. The fourth-order valence-electron chi connectivity index (χ4n) is 2.44. The molecule has 1 aliphatic heterocycles. The standard InChI is InChI=1S/C18H15N3O4S2/c22-16(10-26-18-19-11-5-1-4-8-15(11)27-18)20-21-17(23)14-9-24-12-6-2-3-7-13(12)25-14/h1-8,14H,9-10H2,(H,20,22)(H,21,23). The Bertz CT molecular complexity index is 958. The van der Waals surface area contributed by atoms with E-state index in [1.54, 1.807) is 18.2 Å². The Balaban J connectivity index is 1.25. The van der Waals surface area contributed by atoms with Gasteiger partial charge in [-0.3, -0.25) is 20.4 Å². The second kappa shape index (κ2) is 7.85. The molecule has 2 N–H and O–H groups in total. The lowest BCUT2D eigenvalue weighted by atomic mass is 10.2. The van der Waals surface area contributed by atoms with E-state index < -0.39 is 12.0 Å². The molecular weight excluding hydrogens is 386 g/mol. The van der Waals surface area contributed by atoms with Gasteiger partial charge in [0.05, 0.1) is 16.0 Å². The van der Waals surface area contributed by atoms with Gasteiger partial charge >= 0.3 is 0 Å². The van der Waals surface area contributed by atoms with Crippen molar-refractivity contribution >= 4 is 45.1 Å². The van der Waals surface area contributed by atoms with Crippen LogP contribution in [-0.4, -0.2) is 35.3 Å². The maximum atomic E-state index is 12.2. The molecule has 2 aromatic carbocycles. The van der Waals surface area contributed by atoms with Crippen LogP contribution in [0.25, 0.3) is 10.2 Å². The molecule has 0 radical (unpaired) electrons. The molecule has 1 atom stereocenters. The number of aromatic nitrogens is 1. The Hall–Kier alpha value is -2.78. The predicted octanol–water partition coefficient (Wildman–Crippen LogP) is 2.38. The first-order valence-electron chi connectivity index (χ1n) is 8.14. The minimum atomic E-state index is -0.822. The van der Waals surface area contributed by atoms with E-state index in [1.165, 1.54) is 23.1 Å². The number of rotatable bonds is 4. The number of thiazole rings is 1. The molecule has 7 nitrogen and oxygen atoms in total. The quantitative estimate of drug-likeness (QED) is 0.515. The number of fused-ring (bicyclic) bond motifs is 2. The first-order chi connectivity index (χ1) is 13.2. The van der Waals surface area contributed by atoms with Gasteiger partial charge in [0.1, 0.15) is 6.61 Å². The first-order valence-corrected chi connectivity index (χ1v) is 9.95. The summed E-state index contributed by atoms with van der Waals surface area (Å²) in [6, 6.07) is 14.9. The third-order valence-electron chi connectivity index (χ3n) is 3.73. The van der Waals surface area contributed by atoms with Gasteiger partial charge in [-0.15, -0.1) is 11.3 Å². The number of hydrogen-bond donors (Lipinski definition) is 2. The van der Waals surface area contributed by atoms with E-state index in [0.717, 1.165) is 14.6 Å². The fraction of sp³-hybridized carbons (Fsp3) is 0.167. The highest BCUT2D eigenvalue weighted by atomic mass is 32.2. The third kappa shape index (κ3) is 4.15. The number of hydrazine groups is 1. The van der Waals surface area contributed by atoms with Crippen LogP contribution in [-0.2, 0) is 9.59 Å². The molecule has 1 unspecified atom stereocenters.